The molecule has 1 aromatic heterocycles. The van der Waals surface area contributed by atoms with Crippen LogP contribution in [0.2, 0.25) is 0 Å². The Labute approximate surface area is 146 Å². The minimum atomic E-state index is -5.08. The van der Waals surface area contributed by atoms with Gasteiger partial charge in [0.05, 0.1) is 6.61 Å². The second kappa shape index (κ2) is 8.98. The third kappa shape index (κ3) is 7.01. The summed E-state index contributed by atoms with van der Waals surface area (Å²) in [4.78, 5) is 17.8. The Morgan fingerprint density at radius 3 is 1.89 bits per heavy atom. The number of rotatable bonds is 1. The molecule has 15 heteroatoms. The highest BCUT2D eigenvalue weighted by molar-refractivity contribution is 5.73. The lowest BCUT2D eigenvalue weighted by Gasteiger charge is -2.27. The first kappa shape index (κ1) is 22.6. The third-order valence-electron chi connectivity index (χ3n) is 3.18. The summed E-state index contributed by atoms with van der Waals surface area (Å²) < 4.78 is 71.0. The van der Waals surface area contributed by atoms with Crippen LogP contribution in [0.1, 0.15) is 17.6 Å². The zero-order valence-electron chi connectivity index (χ0n) is 13.3. The number of carboxylic acids is 2. The van der Waals surface area contributed by atoms with Crippen molar-refractivity contribution in [1.82, 2.24) is 20.1 Å². The van der Waals surface area contributed by atoms with Crippen LogP contribution in [0.5, 0.6) is 0 Å². The summed E-state index contributed by atoms with van der Waals surface area (Å²) in [5.41, 5.74) is 0. The number of nitrogens with zero attached hydrogens (tertiary/aromatic N) is 3. The van der Waals surface area contributed by atoms with Gasteiger partial charge in [0.1, 0.15) is 12.4 Å². The number of carboxylic acid groups (broad SMARTS) is 2. The maximum atomic E-state index is 10.6. The number of nitrogens with one attached hydrogen (secondary N) is 1. The zero-order valence-corrected chi connectivity index (χ0v) is 13.3. The van der Waals surface area contributed by atoms with Gasteiger partial charge in [-0.1, -0.05) is 0 Å². The van der Waals surface area contributed by atoms with Crippen LogP contribution in [0, 0.1) is 0 Å². The van der Waals surface area contributed by atoms with Gasteiger partial charge in [-0.25, -0.2) is 9.59 Å². The van der Waals surface area contributed by atoms with Crippen LogP contribution < -0.4 is 5.32 Å². The highest BCUT2D eigenvalue weighted by Crippen LogP contribution is 2.20. The van der Waals surface area contributed by atoms with E-state index in [4.69, 9.17) is 24.5 Å². The molecule has 9 nitrogen and oxygen atoms in total. The van der Waals surface area contributed by atoms with Crippen LogP contribution in [-0.2, 0) is 27.5 Å². The van der Waals surface area contributed by atoms with Gasteiger partial charge in [0.2, 0.25) is 0 Å². The second-order valence-corrected chi connectivity index (χ2v) is 5.14. The SMILES string of the molecule is C1Cn2c(nnc2C2CNC2)CO1.O=C(O)C(F)(F)F.O=C(O)C(F)(F)F. The predicted molar refractivity (Wildman–Crippen MR) is 72.7 cm³/mol. The van der Waals surface area contributed by atoms with E-state index in [0.29, 0.717) is 12.5 Å². The Hall–Kier alpha value is -2.42. The molecule has 0 atom stereocenters. The summed E-state index contributed by atoms with van der Waals surface area (Å²) >= 11 is 0. The monoisotopic (exact) mass is 408 g/mol. The summed E-state index contributed by atoms with van der Waals surface area (Å²) in [6.45, 7) is 4.40. The second-order valence-electron chi connectivity index (χ2n) is 5.14. The van der Waals surface area contributed by atoms with E-state index in [1.54, 1.807) is 0 Å². The molecule has 0 unspecified atom stereocenters. The van der Waals surface area contributed by atoms with Crippen molar-refractivity contribution in [3.05, 3.63) is 11.6 Å². The van der Waals surface area contributed by atoms with Crippen molar-refractivity contribution in [2.45, 2.75) is 31.4 Å². The Morgan fingerprint density at radius 1 is 1.04 bits per heavy atom. The van der Waals surface area contributed by atoms with E-state index in [-0.39, 0.29) is 0 Å². The molecule has 2 aliphatic rings. The average Bonchev–Trinajstić information content (AvgIpc) is 2.89. The molecule has 0 saturated carbocycles. The molecule has 0 radical (unpaired) electrons. The molecule has 27 heavy (non-hydrogen) atoms. The highest BCUT2D eigenvalue weighted by atomic mass is 19.4. The van der Waals surface area contributed by atoms with Crippen molar-refractivity contribution >= 4 is 11.9 Å². The van der Waals surface area contributed by atoms with E-state index in [9.17, 15) is 26.3 Å². The van der Waals surface area contributed by atoms with Gasteiger partial charge in [0, 0.05) is 25.6 Å². The van der Waals surface area contributed by atoms with Gasteiger partial charge >= 0.3 is 24.3 Å². The fourth-order valence-corrected chi connectivity index (χ4v) is 1.79. The van der Waals surface area contributed by atoms with Crippen molar-refractivity contribution in [3.8, 4) is 0 Å². The van der Waals surface area contributed by atoms with Crippen LogP contribution in [0.3, 0.4) is 0 Å². The highest BCUT2D eigenvalue weighted by Gasteiger charge is 2.38. The van der Waals surface area contributed by atoms with E-state index in [2.05, 4.69) is 20.1 Å². The van der Waals surface area contributed by atoms with Gasteiger partial charge in [-0.05, 0) is 0 Å². The van der Waals surface area contributed by atoms with E-state index >= 15 is 0 Å². The molecule has 0 spiro atoms. The molecule has 0 aliphatic carbocycles. The largest absolute Gasteiger partial charge is 0.490 e. The summed E-state index contributed by atoms with van der Waals surface area (Å²) in [5, 5.41) is 25.8. The van der Waals surface area contributed by atoms with Gasteiger partial charge < -0.3 is 24.8 Å². The fourth-order valence-electron chi connectivity index (χ4n) is 1.79. The molecule has 3 N–H and O–H groups in total. The van der Waals surface area contributed by atoms with E-state index in [1.165, 1.54) is 0 Å². The molecule has 1 saturated heterocycles. The summed E-state index contributed by atoms with van der Waals surface area (Å²) in [7, 11) is 0. The normalized spacial score (nSPS) is 16.7. The van der Waals surface area contributed by atoms with Crippen molar-refractivity contribution in [1.29, 1.82) is 0 Å². The van der Waals surface area contributed by atoms with Crippen LogP contribution in [0.15, 0.2) is 0 Å². The third-order valence-corrected chi connectivity index (χ3v) is 3.18. The zero-order chi connectivity index (χ0) is 20.8. The number of halogens is 6. The minimum absolute atomic E-state index is 0.569. The first-order valence-electron chi connectivity index (χ1n) is 7.14. The lowest BCUT2D eigenvalue weighted by atomic mass is 10.0. The Balaban J connectivity index is 0.000000226. The topological polar surface area (TPSA) is 127 Å². The smallest absolute Gasteiger partial charge is 0.475 e. The maximum absolute atomic E-state index is 10.6. The lowest BCUT2D eigenvalue weighted by Crippen LogP contribution is -2.41. The molecule has 0 bridgehead atoms. The van der Waals surface area contributed by atoms with Gasteiger partial charge in [0.15, 0.2) is 5.82 Å². The molecule has 154 valence electrons. The Kier molecular flexibility index (Phi) is 7.53. The maximum Gasteiger partial charge on any atom is 0.490 e. The molecule has 1 fully saturated rings. The number of aromatic nitrogens is 3. The van der Waals surface area contributed by atoms with Crippen molar-refractivity contribution in [3.63, 3.8) is 0 Å². The van der Waals surface area contributed by atoms with Gasteiger partial charge in [0.25, 0.3) is 0 Å². The van der Waals surface area contributed by atoms with Crippen molar-refractivity contribution < 1.29 is 50.9 Å². The number of carbonyl (C=O) groups is 2. The van der Waals surface area contributed by atoms with E-state index < -0.39 is 24.3 Å². The van der Waals surface area contributed by atoms with Crippen LogP contribution in [0.4, 0.5) is 26.3 Å². The van der Waals surface area contributed by atoms with Gasteiger partial charge in [-0.15, -0.1) is 10.2 Å². The molecular formula is C12H14F6N4O5. The predicted octanol–water partition coefficient (Wildman–Crippen LogP) is 0.762. The quantitative estimate of drug-likeness (QED) is 0.582. The van der Waals surface area contributed by atoms with Gasteiger partial charge in [-0.2, -0.15) is 26.3 Å². The minimum Gasteiger partial charge on any atom is -0.475 e. The van der Waals surface area contributed by atoms with Crippen LogP contribution in [-0.4, -0.2) is 69.0 Å². The molecule has 0 amide bonds. The standard InChI is InChI=1S/C8H12N4O.2C2HF3O2/c1-2-13-5-7-10-11-8(12(1)7)6-3-9-4-6;2*3-2(4,5)1(6)7/h6,9H,1-5H2;2*(H,6,7). The first-order valence-corrected chi connectivity index (χ1v) is 7.14. The van der Waals surface area contributed by atoms with Crippen LogP contribution >= 0.6 is 0 Å². The summed E-state index contributed by atoms with van der Waals surface area (Å²) in [6, 6.07) is 0. The Morgan fingerprint density at radius 2 is 1.52 bits per heavy atom. The number of hydrogen-bond donors (Lipinski definition) is 3. The fraction of sp³-hybridized carbons (Fsp3) is 0.667. The number of aliphatic carboxylic acids is 2. The molecule has 1 aromatic rings. The molecule has 3 rings (SSSR count). The molecule has 3 heterocycles. The number of fused-ring (bicyclic) bond motifs is 1. The lowest BCUT2D eigenvalue weighted by molar-refractivity contribution is -0.193. The summed E-state index contributed by atoms with van der Waals surface area (Å²) in [6.07, 6.45) is -10.2. The number of alkyl halides is 6. The average molecular weight is 408 g/mol. The number of hydrogen-bond acceptors (Lipinski definition) is 6. The van der Waals surface area contributed by atoms with Crippen molar-refractivity contribution in [2.75, 3.05) is 19.7 Å². The Bertz CT molecular complexity index is 632. The summed E-state index contributed by atoms with van der Waals surface area (Å²) in [5.74, 6) is -2.83. The van der Waals surface area contributed by atoms with Crippen molar-refractivity contribution in [2.24, 2.45) is 0 Å². The van der Waals surface area contributed by atoms with Gasteiger partial charge in [-0.3, -0.25) is 0 Å². The van der Waals surface area contributed by atoms with E-state index in [0.717, 1.165) is 37.9 Å². The molecule has 0 aromatic carbocycles. The number of ether oxygens (including phenoxy) is 1. The first-order chi connectivity index (χ1) is 12.3. The molecular weight excluding hydrogens is 394 g/mol. The van der Waals surface area contributed by atoms with E-state index in [1.807, 2.05) is 0 Å². The molecule has 2 aliphatic heterocycles. The van der Waals surface area contributed by atoms with Crippen LogP contribution in [0.25, 0.3) is 0 Å².